The number of imidazole rings is 1. The second-order valence-electron chi connectivity index (χ2n) is 3.52. The molecule has 0 unspecified atom stereocenters. The topological polar surface area (TPSA) is 87.5 Å². The van der Waals surface area contributed by atoms with Gasteiger partial charge in [-0.1, -0.05) is 13.3 Å². The van der Waals surface area contributed by atoms with E-state index < -0.39 is 6.85 Å². The molecule has 0 bridgehead atoms. The molecule has 0 aliphatic heterocycles. The summed E-state index contributed by atoms with van der Waals surface area (Å²) in [4.78, 5) is 2.58. The fourth-order valence-corrected chi connectivity index (χ4v) is 1.32. The van der Waals surface area contributed by atoms with Crippen molar-refractivity contribution in [1.29, 1.82) is 5.26 Å². The molecule has 18 heavy (non-hydrogen) atoms. The van der Waals surface area contributed by atoms with Gasteiger partial charge in [0.05, 0.1) is 19.8 Å². The minimum Gasteiger partial charge on any atom is -0.422 e. The summed E-state index contributed by atoms with van der Waals surface area (Å²) in [5, 5.41) is 24.0. The summed E-state index contributed by atoms with van der Waals surface area (Å²) in [5.41, 5.74) is 0.627. The van der Waals surface area contributed by atoms with E-state index in [0.717, 1.165) is 12.8 Å². The normalized spacial score (nSPS) is 12.0. The van der Waals surface area contributed by atoms with Crippen molar-refractivity contribution in [3.63, 3.8) is 0 Å². The lowest BCUT2D eigenvalue weighted by Crippen LogP contribution is -2.35. The van der Waals surface area contributed by atoms with Gasteiger partial charge in [0.25, 0.3) is 5.82 Å². The van der Waals surface area contributed by atoms with E-state index in [-0.39, 0.29) is 12.4 Å². The molecular formula is C12H19N5O. The Labute approximate surface area is 112 Å². The van der Waals surface area contributed by atoms with Crippen LogP contribution in [0, 0.1) is 18.3 Å². The summed E-state index contributed by atoms with van der Waals surface area (Å²) in [6, 6.07) is 1.28. The van der Waals surface area contributed by atoms with E-state index in [2.05, 4.69) is 11.9 Å². The van der Waals surface area contributed by atoms with Crippen molar-refractivity contribution >= 4 is 6.01 Å². The number of unbranched alkanes of at least 4 members (excludes halogenated alkanes) is 1. The van der Waals surface area contributed by atoms with E-state index in [4.69, 9.17) is 19.9 Å². The number of nitrogens with zero attached hydrogens (tertiary/aromatic N) is 5. The maximum absolute atomic E-state index is 9.13. The highest BCUT2D eigenvalue weighted by Gasteiger charge is 2.14. The Kier molecular flexibility index (Phi) is 5.64. The van der Waals surface area contributed by atoms with Gasteiger partial charge in [0.1, 0.15) is 12.8 Å². The SMILES string of the molecule is N#CN=C=[N-].[2H]C([2H])([2H])c1n(C)c(CO)c[n+]1CCCC. The zero-order valence-corrected chi connectivity index (χ0v) is 10.6. The molecular weight excluding hydrogens is 230 g/mol. The quantitative estimate of drug-likeness (QED) is 0.494. The summed E-state index contributed by atoms with van der Waals surface area (Å²) in [6.07, 6.45) is 4.94. The Morgan fingerprint density at radius 1 is 1.72 bits per heavy atom. The van der Waals surface area contributed by atoms with Gasteiger partial charge < -0.3 is 15.5 Å². The van der Waals surface area contributed by atoms with Crippen molar-refractivity contribution in [3.8, 4) is 6.19 Å². The van der Waals surface area contributed by atoms with Crippen LogP contribution in [-0.2, 0) is 20.2 Å². The van der Waals surface area contributed by atoms with Crippen LogP contribution in [0.2, 0.25) is 0 Å². The number of nitriles is 1. The molecule has 1 aromatic heterocycles. The second kappa shape index (κ2) is 9.11. The first kappa shape index (κ1) is 11.1. The minimum absolute atomic E-state index is 0.140. The van der Waals surface area contributed by atoms with Crippen molar-refractivity contribution in [2.24, 2.45) is 12.0 Å². The second-order valence-corrected chi connectivity index (χ2v) is 3.52. The summed E-state index contributed by atoms with van der Waals surface area (Å²) in [7, 11) is 1.68. The van der Waals surface area contributed by atoms with Crippen LogP contribution in [0.15, 0.2) is 11.2 Å². The first-order valence-electron chi connectivity index (χ1n) is 7.00. The number of aliphatic hydroxyl groups is 1. The van der Waals surface area contributed by atoms with Crippen LogP contribution in [0.25, 0.3) is 5.41 Å². The highest BCUT2D eigenvalue weighted by molar-refractivity contribution is 5.46. The number of hydrogen-bond acceptors (Lipinski definition) is 3. The summed E-state index contributed by atoms with van der Waals surface area (Å²) in [5.74, 6) is 0.282. The van der Waals surface area contributed by atoms with Gasteiger partial charge in [-0.15, -0.1) is 6.01 Å². The van der Waals surface area contributed by atoms with Gasteiger partial charge in [-0.05, 0) is 6.42 Å². The first-order valence-corrected chi connectivity index (χ1v) is 5.50. The van der Waals surface area contributed by atoms with E-state index in [1.165, 1.54) is 12.2 Å². The van der Waals surface area contributed by atoms with Crippen molar-refractivity contribution < 1.29 is 13.8 Å². The molecule has 0 spiro atoms. The van der Waals surface area contributed by atoms with E-state index in [0.29, 0.717) is 12.2 Å². The van der Waals surface area contributed by atoms with Crippen LogP contribution in [0.5, 0.6) is 0 Å². The van der Waals surface area contributed by atoms with E-state index >= 15 is 0 Å². The molecule has 0 radical (unpaired) electrons. The standard InChI is InChI=1S/C10H19N2O.C2N3/c1-4-5-6-12-7-10(8-13)11(3)9(12)2;3-1-5-2-4/h7,13H,4-6,8H2,1-3H3;/q+1;-1/i2D3;. The molecule has 1 aromatic rings. The number of aliphatic hydroxyl groups excluding tert-OH is 1. The number of rotatable bonds is 4. The molecule has 1 heterocycles. The molecule has 6 heteroatoms. The summed E-state index contributed by atoms with van der Waals surface area (Å²) < 4.78 is 25.7. The maximum Gasteiger partial charge on any atom is 0.253 e. The van der Waals surface area contributed by atoms with Gasteiger partial charge in [0, 0.05) is 11.0 Å². The minimum atomic E-state index is -2.14. The number of aliphatic imine (C=N–C) groups is 1. The number of aryl methyl sites for hydroxylation is 1. The van der Waals surface area contributed by atoms with Gasteiger partial charge in [-0.25, -0.2) is 9.13 Å². The molecule has 6 nitrogen and oxygen atoms in total. The monoisotopic (exact) mass is 252 g/mol. The van der Waals surface area contributed by atoms with Crippen LogP contribution < -0.4 is 4.57 Å². The lowest BCUT2D eigenvalue weighted by Gasteiger charge is -1.95. The average molecular weight is 252 g/mol. The molecule has 1 N–H and O–H groups in total. The van der Waals surface area contributed by atoms with Gasteiger partial charge in [-0.3, -0.25) is 0 Å². The van der Waals surface area contributed by atoms with Crippen LogP contribution >= 0.6 is 0 Å². The van der Waals surface area contributed by atoms with Crippen LogP contribution in [0.1, 0.15) is 35.4 Å². The Bertz CT molecular complexity index is 538. The molecule has 98 valence electrons. The number of hydrogen-bond donors (Lipinski definition) is 1. The Morgan fingerprint density at radius 3 is 2.83 bits per heavy atom. The fourth-order valence-electron chi connectivity index (χ4n) is 1.32. The van der Waals surface area contributed by atoms with E-state index in [9.17, 15) is 0 Å². The predicted octanol–water partition coefficient (Wildman–Crippen LogP) is 1.12. The van der Waals surface area contributed by atoms with Crippen LogP contribution in [-0.4, -0.2) is 15.7 Å². The zero-order valence-electron chi connectivity index (χ0n) is 13.6. The molecule has 0 aliphatic rings. The molecule has 0 saturated carbocycles. The highest BCUT2D eigenvalue weighted by atomic mass is 16.3. The van der Waals surface area contributed by atoms with Crippen LogP contribution in [0.4, 0.5) is 0 Å². The Hall–Kier alpha value is -1.96. The van der Waals surface area contributed by atoms with Crippen molar-refractivity contribution in [1.82, 2.24) is 4.57 Å². The van der Waals surface area contributed by atoms with Gasteiger partial charge in [0.15, 0.2) is 5.69 Å². The summed E-state index contributed by atoms with van der Waals surface area (Å²) >= 11 is 0. The molecule has 0 aliphatic carbocycles. The highest BCUT2D eigenvalue weighted by Crippen LogP contribution is 2.00. The largest absolute Gasteiger partial charge is 0.422 e. The number of aromatic nitrogens is 2. The molecule has 0 fully saturated rings. The molecule has 0 aromatic carbocycles. The molecule has 0 amide bonds. The lowest BCUT2D eigenvalue weighted by atomic mass is 10.3. The molecule has 1 rings (SSSR count). The van der Waals surface area contributed by atoms with Gasteiger partial charge >= 0.3 is 0 Å². The lowest BCUT2D eigenvalue weighted by molar-refractivity contribution is -0.702. The van der Waals surface area contributed by atoms with E-state index in [1.807, 2.05) is 0 Å². The smallest absolute Gasteiger partial charge is 0.253 e. The third-order valence-corrected chi connectivity index (χ3v) is 2.34. The fraction of sp³-hybridized carbons (Fsp3) is 0.583. The van der Waals surface area contributed by atoms with Crippen molar-refractivity contribution in [3.05, 3.63) is 23.1 Å². The third-order valence-electron chi connectivity index (χ3n) is 2.34. The zero-order chi connectivity index (χ0) is 16.5. The maximum atomic E-state index is 9.13. The van der Waals surface area contributed by atoms with E-state index in [1.54, 1.807) is 22.4 Å². The molecule has 0 saturated heterocycles. The Morgan fingerprint density at radius 2 is 2.44 bits per heavy atom. The average Bonchev–Trinajstić information content (AvgIpc) is 2.74. The van der Waals surface area contributed by atoms with Crippen LogP contribution in [0.3, 0.4) is 0 Å². The van der Waals surface area contributed by atoms with Gasteiger partial charge in [-0.2, -0.15) is 5.26 Å². The predicted molar refractivity (Wildman–Crippen MR) is 67.6 cm³/mol. The first-order chi connectivity index (χ1) is 9.83. The third kappa shape index (κ3) is 4.91. The van der Waals surface area contributed by atoms with Crippen molar-refractivity contribution in [2.75, 3.05) is 0 Å². The van der Waals surface area contributed by atoms with Crippen molar-refractivity contribution in [2.45, 2.75) is 39.8 Å². The summed E-state index contributed by atoms with van der Waals surface area (Å²) in [6.45, 7) is 0.456. The van der Waals surface area contributed by atoms with Gasteiger partial charge in [0.2, 0.25) is 0 Å². The Balaban J connectivity index is 0.000000690. The molecule has 0 atom stereocenters.